The van der Waals surface area contributed by atoms with E-state index in [0.717, 1.165) is 30.7 Å². The molecular formula is C16H29N5O3S. The number of carbonyl (C=O) groups is 1. The molecule has 8 nitrogen and oxygen atoms in total. The SMILES string of the molecule is COCCNC(=O)[C@@H](C)Sc1nnc(N2CCOCC2)n1CC(C)C. The first-order valence-corrected chi connectivity index (χ1v) is 9.60. The Morgan fingerprint density at radius 3 is 2.68 bits per heavy atom. The van der Waals surface area contributed by atoms with Crippen molar-refractivity contribution in [3.8, 4) is 0 Å². The molecule has 25 heavy (non-hydrogen) atoms. The van der Waals surface area contributed by atoms with Crippen molar-refractivity contribution < 1.29 is 14.3 Å². The van der Waals surface area contributed by atoms with Gasteiger partial charge in [0.25, 0.3) is 0 Å². The van der Waals surface area contributed by atoms with Crippen molar-refractivity contribution in [3.05, 3.63) is 0 Å². The summed E-state index contributed by atoms with van der Waals surface area (Å²) in [5.74, 6) is 1.31. The van der Waals surface area contributed by atoms with Crippen LogP contribution in [0.15, 0.2) is 5.16 Å². The second-order valence-corrected chi connectivity index (χ2v) is 7.74. The van der Waals surface area contributed by atoms with Crippen molar-refractivity contribution in [2.24, 2.45) is 5.92 Å². The highest BCUT2D eigenvalue weighted by Crippen LogP contribution is 2.27. The van der Waals surface area contributed by atoms with Crippen LogP contribution >= 0.6 is 11.8 Å². The van der Waals surface area contributed by atoms with Crippen LogP contribution in [-0.4, -0.2) is 72.5 Å². The Kier molecular flexibility index (Phi) is 7.98. The first kappa shape index (κ1) is 20.0. The molecule has 1 amide bonds. The van der Waals surface area contributed by atoms with E-state index < -0.39 is 0 Å². The number of hydrogen-bond acceptors (Lipinski definition) is 7. The minimum Gasteiger partial charge on any atom is -0.383 e. The van der Waals surface area contributed by atoms with Gasteiger partial charge in [-0.05, 0) is 12.8 Å². The maximum absolute atomic E-state index is 12.2. The Hall–Kier alpha value is -1.32. The molecule has 1 atom stereocenters. The number of nitrogens with zero attached hydrogens (tertiary/aromatic N) is 4. The zero-order valence-corrected chi connectivity index (χ0v) is 16.3. The highest BCUT2D eigenvalue weighted by atomic mass is 32.2. The average Bonchev–Trinajstić information content (AvgIpc) is 2.97. The molecule has 142 valence electrons. The molecule has 0 aromatic carbocycles. The van der Waals surface area contributed by atoms with Gasteiger partial charge in [-0.3, -0.25) is 9.36 Å². The number of amides is 1. The summed E-state index contributed by atoms with van der Waals surface area (Å²) < 4.78 is 12.5. The zero-order chi connectivity index (χ0) is 18.2. The molecule has 1 saturated heterocycles. The van der Waals surface area contributed by atoms with Gasteiger partial charge in [0.15, 0.2) is 5.16 Å². The molecule has 1 aromatic rings. The Morgan fingerprint density at radius 2 is 2.04 bits per heavy atom. The van der Waals surface area contributed by atoms with Gasteiger partial charge >= 0.3 is 0 Å². The minimum absolute atomic E-state index is 0.0194. The predicted octanol–water partition coefficient (Wildman–Crippen LogP) is 1.01. The van der Waals surface area contributed by atoms with Crippen LogP contribution in [-0.2, 0) is 20.8 Å². The fourth-order valence-corrected chi connectivity index (χ4v) is 3.40. The first-order valence-electron chi connectivity index (χ1n) is 8.72. The minimum atomic E-state index is -0.246. The third-order valence-corrected chi connectivity index (χ3v) is 4.88. The second-order valence-electron chi connectivity index (χ2n) is 6.43. The van der Waals surface area contributed by atoms with E-state index in [1.54, 1.807) is 7.11 Å². The highest BCUT2D eigenvalue weighted by Gasteiger charge is 2.24. The molecule has 0 unspecified atom stereocenters. The maximum Gasteiger partial charge on any atom is 0.233 e. The van der Waals surface area contributed by atoms with E-state index in [4.69, 9.17) is 9.47 Å². The summed E-state index contributed by atoms with van der Waals surface area (Å²) in [5.41, 5.74) is 0. The Balaban J connectivity index is 2.08. The van der Waals surface area contributed by atoms with Crippen molar-refractivity contribution in [2.75, 3.05) is 51.5 Å². The van der Waals surface area contributed by atoms with Crippen molar-refractivity contribution in [1.82, 2.24) is 20.1 Å². The summed E-state index contributed by atoms with van der Waals surface area (Å²) in [7, 11) is 1.62. The van der Waals surface area contributed by atoms with Crippen LogP contribution in [0.25, 0.3) is 0 Å². The average molecular weight is 372 g/mol. The van der Waals surface area contributed by atoms with Gasteiger partial charge in [0.1, 0.15) is 0 Å². The molecular weight excluding hydrogens is 342 g/mol. The summed E-state index contributed by atoms with van der Waals surface area (Å²) in [6.07, 6.45) is 0. The lowest BCUT2D eigenvalue weighted by atomic mass is 10.2. The number of anilines is 1. The van der Waals surface area contributed by atoms with Crippen LogP contribution in [0.4, 0.5) is 5.95 Å². The Labute approximate surface area is 153 Å². The summed E-state index contributed by atoms with van der Waals surface area (Å²) in [6, 6.07) is 0. The van der Waals surface area contributed by atoms with Crippen LogP contribution in [0.2, 0.25) is 0 Å². The number of morpholine rings is 1. The zero-order valence-electron chi connectivity index (χ0n) is 15.5. The van der Waals surface area contributed by atoms with Gasteiger partial charge in [-0.15, -0.1) is 10.2 Å². The molecule has 1 aliphatic heterocycles. The number of hydrogen-bond donors (Lipinski definition) is 1. The monoisotopic (exact) mass is 371 g/mol. The second kappa shape index (κ2) is 9.98. The van der Waals surface area contributed by atoms with Crippen molar-refractivity contribution in [3.63, 3.8) is 0 Å². The molecule has 0 aliphatic carbocycles. The van der Waals surface area contributed by atoms with Gasteiger partial charge in [-0.1, -0.05) is 25.6 Å². The lowest BCUT2D eigenvalue weighted by Crippen LogP contribution is -2.38. The molecule has 0 spiro atoms. The smallest absolute Gasteiger partial charge is 0.233 e. The summed E-state index contributed by atoms with van der Waals surface area (Å²) in [6.45, 7) is 11.1. The topological polar surface area (TPSA) is 81.5 Å². The number of aromatic nitrogens is 3. The number of thioether (sulfide) groups is 1. The van der Waals surface area contributed by atoms with E-state index >= 15 is 0 Å². The van der Waals surface area contributed by atoms with E-state index in [2.05, 4.69) is 38.8 Å². The molecule has 1 N–H and O–H groups in total. The lowest BCUT2D eigenvalue weighted by Gasteiger charge is -2.28. The first-order chi connectivity index (χ1) is 12.0. The summed E-state index contributed by atoms with van der Waals surface area (Å²) >= 11 is 1.44. The van der Waals surface area contributed by atoms with E-state index in [1.165, 1.54) is 11.8 Å². The lowest BCUT2D eigenvalue weighted by molar-refractivity contribution is -0.120. The van der Waals surface area contributed by atoms with E-state index in [1.807, 2.05) is 6.92 Å². The van der Waals surface area contributed by atoms with E-state index in [-0.39, 0.29) is 11.2 Å². The van der Waals surface area contributed by atoms with Crippen molar-refractivity contribution in [2.45, 2.75) is 37.7 Å². The number of nitrogens with one attached hydrogen (secondary N) is 1. The number of rotatable bonds is 9. The molecule has 2 heterocycles. The predicted molar refractivity (Wildman–Crippen MR) is 98.1 cm³/mol. The Morgan fingerprint density at radius 1 is 1.32 bits per heavy atom. The van der Waals surface area contributed by atoms with Crippen molar-refractivity contribution in [1.29, 1.82) is 0 Å². The summed E-state index contributed by atoms with van der Waals surface area (Å²) in [5, 5.41) is 12.1. The quantitative estimate of drug-likeness (QED) is 0.512. The van der Waals surface area contributed by atoms with Crippen LogP contribution < -0.4 is 10.2 Å². The molecule has 1 aliphatic rings. The number of ether oxygens (including phenoxy) is 2. The van der Waals surface area contributed by atoms with E-state index in [0.29, 0.717) is 32.3 Å². The highest BCUT2D eigenvalue weighted by molar-refractivity contribution is 8.00. The van der Waals surface area contributed by atoms with Gasteiger partial charge in [0.05, 0.1) is 25.1 Å². The normalized spacial score (nSPS) is 16.3. The molecule has 1 aromatic heterocycles. The molecule has 0 radical (unpaired) electrons. The fraction of sp³-hybridized carbons (Fsp3) is 0.812. The molecule has 2 rings (SSSR count). The van der Waals surface area contributed by atoms with Gasteiger partial charge in [-0.25, -0.2) is 0 Å². The number of carbonyl (C=O) groups excluding carboxylic acids is 1. The Bertz CT molecular complexity index is 546. The van der Waals surface area contributed by atoms with Crippen LogP contribution in [0.3, 0.4) is 0 Å². The molecule has 9 heteroatoms. The largest absolute Gasteiger partial charge is 0.383 e. The third kappa shape index (κ3) is 5.86. The molecule has 0 bridgehead atoms. The van der Waals surface area contributed by atoms with Gasteiger partial charge in [-0.2, -0.15) is 0 Å². The van der Waals surface area contributed by atoms with E-state index in [9.17, 15) is 4.79 Å². The maximum atomic E-state index is 12.2. The molecule has 0 saturated carbocycles. The third-order valence-electron chi connectivity index (χ3n) is 3.80. The fourth-order valence-electron chi connectivity index (χ4n) is 2.52. The van der Waals surface area contributed by atoms with Crippen LogP contribution in [0, 0.1) is 5.92 Å². The van der Waals surface area contributed by atoms with Gasteiger partial charge < -0.3 is 19.7 Å². The van der Waals surface area contributed by atoms with Crippen LogP contribution in [0.1, 0.15) is 20.8 Å². The van der Waals surface area contributed by atoms with Gasteiger partial charge in [0, 0.05) is 33.3 Å². The summed E-state index contributed by atoms with van der Waals surface area (Å²) in [4.78, 5) is 14.4. The van der Waals surface area contributed by atoms with Gasteiger partial charge in [0.2, 0.25) is 11.9 Å². The van der Waals surface area contributed by atoms with Crippen LogP contribution in [0.5, 0.6) is 0 Å². The molecule has 1 fully saturated rings. The standard InChI is InChI=1S/C16H29N5O3S/c1-12(2)11-21-15(20-6-9-24-10-7-20)18-19-16(21)25-13(3)14(22)17-5-8-23-4/h12-13H,5-11H2,1-4H3,(H,17,22)/t13-/m1/s1. The number of methoxy groups -OCH3 is 1. The van der Waals surface area contributed by atoms with Crippen molar-refractivity contribution >= 4 is 23.6 Å².